The van der Waals surface area contributed by atoms with Crippen molar-refractivity contribution in [1.29, 1.82) is 0 Å². The first-order chi connectivity index (χ1) is 14.0. The third kappa shape index (κ3) is 4.27. The quantitative estimate of drug-likeness (QED) is 0.671. The molecule has 1 aliphatic heterocycles. The number of urea groups is 1. The van der Waals surface area contributed by atoms with Crippen molar-refractivity contribution in [1.82, 2.24) is 29.8 Å². The number of imidazole rings is 1. The standard InChI is InChI=1S/C21H28N6O2/c1-14(2)27-12-16(11-23-27)20-18(8-10-29-20)25-21(28)22-9-7-17-13-26-15(3)5-4-6-19(26)24-17/h4-6,11-14,18,20H,7-10H2,1-3H3,(H2,22,25,28)/t18-,20+/m1/s1. The second-order valence-corrected chi connectivity index (χ2v) is 7.81. The predicted molar refractivity (Wildman–Crippen MR) is 110 cm³/mol. The molecular formula is C21H28N6O2. The van der Waals surface area contributed by atoms with Crippen molar-refractivity contribution >= 4 is 11.7 Å². The maximum atomic E-state index is 12.4. The molecule has 1 aliphatic rings. The number of carbonyl (C=O) groups is 1. The van der Waals surface area contributed by atoms with E-state index in [1.807, 2.05) is 35.4 Å². The van der Waals surface area contributed by atoms with Crippen LogP contribution < -0.4 is 10.6 Å². The lowest BCUT2D eigenvalue weighted by Crippen LogP contribution is -2.43. The number of nitrogens with one attached hydrogen (secondary N) is 2. The van der Waals surface area contributed by atoms with Crippen molar-refractivity contribution < 1.29 is 9.53 Å². The molecule has 3 aromatic heterocycles. The van der Waals surface area contributed by atoms with E-state index in [-0.39, 0.29) is 18.2 Å². The van der Waals surface area contributed by atoms with Crippen LogP contribution in [0.25, 0.3) is 5.65 Å². The fraction of sp³-hybridized carbons (Fsp3) is 0.476. The Morgan fingerprint density at radius 3 is 2.97 bits per heavy atom. The highest BCUT2D eigenvalue weighted by molar-refractivity contribution is 5.74. The summed E-state index contributed by atoms with van der Waals surface area (Å²) < 4.78 is 9.83. The fourth-order valence-corrected chi connectivity index (χ4v) is 3.69. The van der Waals surface area contributed by atoms with Crippen LogP contribution in [-0.2, 0) is 11.2 Å². The van der Waals surface area contributed by atoms with Crippen LogP contribution in [0.1, 0.15) is 49.4 Å². The summed E-state index contributed by atoms with van der Waals surface area (Å²) in [4.78, 5) is 17.0. The third-order valence-electron chi connectivity index (χ3n) is 5.30. The molecule has 2 amide bonds. The van der Waals surface area contributed by atoms with Crippen molar-refractivity contribution in [3.8, 4) is 0 Å². The lowest BCUT2D eigenvalue weighted by molar-refractivity contribution is 0.0998. The molecule has 8 nitrogen and oxygen atoms in total. The molecule has 0 unspecified atom stereocenters. The summed E-state index contributed by atoms with van der Waals surface area (Å²) in [7, 11) is 0. The molecule has 3 aromatic rings. The van der Waals surface area contributed by atoms with Gasteiger partial charge in [-0.25, -0.2) is 9.78 Å². The summed E-state index contributed by atoms with van der Waals surface area (Å²) in [5.41, 5.74) is 4.03. The van der Waals surface area contributed by atoms with Crippen molar-refractivity contribution in [3.05, 3.63) is 53.7 Å². The van der Waals surface area contributed by atoms with E-state index in [4.69, 9.17) is 4.74 Å². The van der Waals surface area contributed by atoms with E-state index < -0.39 is 0 Å². The average Bonchev–Trinajstić information content (AvgIpc) is 3.40. The third-order valence-corrected chi connectivity index (χ3v) is 5.30. The van der Waals surface area contributed by atoms with E-state index in [1.54, 1.807) is 0 Å². The predicted octanol–water partition coefficient (Wildman–Crippen LogP) is 2.79. The summed E-state index contributed by atoms with van der Waals surface area (Å²) in [6.45, 7) is 7.37. The number of aromatic nitrogens is 4. The van der Waals surface area contributed by atoms with E-state index in [0.29, 0.717) is 25.6 Å². The van der Waals surface area contributed by atoms with Gasteiger partial charge in [0, 0.05) is 49.3 Å². The maximum Gasteiger partial charge on any atom is 0.315 e. The molecule has 2 N–H and O–H groups in total. The first kappa shape index (κ1) is 19.4. The lowest BCUT2D eigenvalue weighted by Gasteiger charge is -2.19. The second-order valence-electron chi connectivity index (χ2n) is 7.81. The molecule has 1 saturated heterocycles. The van der Waals surface area contributed by atoms with Gasteiger partial charge in [0.05, 0.1) is 17.9 Å². The minimum absolute atomic E-state index is 0.0577. The number of carbonyl (C=O) groups excluding carboxylic acids is 1. The Labute approximate surface area is 170 Å². The van der Waals surface area contributed by atoms with Crippen LogP contribution in [0.15, 0.2) is 36.8 Å². The first-order valence-electron chi connectivity index (χ1n) is 10.1. The molecule has 29 heavy (non-hydrogen) atoms. The number of rotatable bonds is 6. The number of hydrogen-bond donors (Lipinski definition) is 2. The largest absolute Gasteiger partial charge is 0.371 e. The molecule has 8 heteroatoms. The van der Waals surface area contributed by atoms with Crippen molar-refractivity contribution in [2.24, 2.45) is 0 Å². The van der Waals surface area contributed by atoms with E-state index in [0.717, 1.165) is 29.0 Å². The van der Waals surface area contributed by atoms with Crippen LogP contribution in [0.3, 0.4) is 0 Å². The Morgan fingerprint density at radius 2 is 2.21 bits per heavy atom. The highest BCUT2D eigenvalue weighted by atomic mass is 16.5. The molecular weight excluding hydrogens is 368 g/mol. The first-order valence-corrected chi connectivity index (χ1v) is 10.1. The molecule has 0 bridgehead atoms. The monoisotopic (exact) mass is 396 g/mol. The van der Waals surface area contributed by atoms with Gasteiger partial charge in [-0.1, -0.05) is 6.07 Å². The number of ether oxygens (including phenoxy) is 1. The van der Waals surface area contributed by atoms with Gasteiger partial charge in [-0.2, -0.15) is 5.10 Å². The van der Waals surface area contributed by atoms with Crippen LogP contribution in [-0.4, -0.2) is 44.4 Å². The molecule has 154 valence electrons. The molecule has 0 aromatic carbocycles. The zero-order valence-electron chi connectivity index (χ0n) is 17.1. The van der Waals surface area contributed by atoms with Gasteiger partial charge in [-0.15, -0.1) is 0 Å². The van der Waals surface area contributed by atoms with Crippen LogP contribution in [0.2, 0.25) is 0 Å². The van der Waals surface area contributed by atoms with Crippen LogP contribution in [0.5, 0.6) is 0 Å². The summed E-state index contributed by atoms with van der Waals surface area (Å²) in [5.74, 6) is 0. The topological polar surface area (TPSA) is 85.5 Å². The van der Waals surface area contributed by atoms with E-state index in [1.165, 1.54) is 0 Å². The van der Waals surface area contributed by atoms with Gasteiger partial charge in [0.1, 0.15) is 11.8 Å². The summed E-state index contributed by atoms with van der Waals surface area (Å²) in [5, 5.41) is 10.4. The number of fused-ring (bicyclic) bond motifs is 1. The van der Waals surface area contributed by atoms with E-state index in [2.05, 4.69) is 52.0 Å². The fourth-order valence-electron chi connectivity index (χ4n) is 3.69. The Bertz CT molecular complexity index is 992. The highest BCUT2D eigenvalue weighted by Gasteiger charge is 2.32. The minimum atomic E-state index is -0.179. The Kier molecular flexibility index (Phi) is 5.53. The van der Waals surface area contributed by atoms with Crippen molar-refractivity contribution in [2.45, 2.75) is 51.8 Å². The zero-order chi connectivity index (χ0) is 20.4. The average molecular weight is 396 g/mol. The van der Waals surface area contributed by atoms with Gasteiger partial charge in [0.15, 0.2) is 0 Å². The van der Waals surface area contributed by atoms with Gasteiger partial charge >= 0.3 is 6.03 Å². The van der Waals surface area contributed by atoms with Crippen LogP contribution in [0.4, 0.5) is 4.79 Å². The van der Waals surface area contributed by atoms with Gasteiger partial charge in [-0.3, -0.25) is 4.68 Å². The number of pyridine rings is 1. The Morgan fingerprint density at radius 1 is 1.34 bits per heavy atom. The second kappa shape index (κ2) is 8.24. The number of aryl methyl sites for hydroxylation is 1. The Balaban J connectivity index is 1.29. The summed E-state index contributed by atoms with van der Waals surface area (Å²) in [6, 6.07) is 6.09. The smallest absolute Gasteiger partial charge is 0.315 e. The molecule has 2 atom stereocenters. The number of amides is 2. The minimum Gasteiger partial charge on any atom is -0.371 e. The van der Waals surface area contributed by atoms with E-state index in [9.17, 15) is 4.79 Å². The number of nitrogens with zero attached hydrogens (tertiary/aromatic N) is 4. The maximum absolute atomic E-state index is 12.4. The molecule has 0 radical (unpaired) electrons. The normalized spacial score (nSPS) is 19.2. The van der Waals surface area contributed by atoms with Gasteiger partial charge in [-0.05, 0) is 39.3 Å². The van der Waals surface area contributed by atoms with Gasteiger partial charge < -0.3 is 19.8 Å². The van der Waals surface area contributed by atoms with E-state index >= 15 is 0 Å². The molecule has 0 aliphatic carbocycles. The molecule has 1 fully saturated rings. The lowest BCUT2D eigenvalue weighted by atomic mass is 10.1. The number of hydrogen-bond acceptors (Lipinski definition) is 4. The van der Waals surface area contributed by atoms with Crippen LogP contribution >= 0.6 is 0 Å². The SMILES string of the molecule is Cc1cccc2nc(CCNC(=O)N[C@@H]3CCO[C@H]3c3cnn(C(C)C)c3)cn12. The van der Waals surface area contributed by atoms with Crippen molar-refractivity contribution in [2.75, 3.05) is 13.2 Å². The highest BCUT2D eigenvalue weighted by Crippen LogP contribution is 2.29. The van der Waals surface area contributed by atoms with Crippen LogP contribution in [0, 0.1) is 6.92 Å². The summed E-state index contributed by atoms with van der Waals surface area (Å²) in [6.07, 6.45) is 7.16. The summed E-state index contributed by atoms with van der Waals surface area (Å²) >= 11 is 0. The molecule has 0 saturated carbocycles. The Hall–Kier alpha value is -2.87. The molecule has 0 spiro atoms. The zero-order valence-corrected chi connectivity index (χ0v) is 17.1. The molecule has 4 rings (SSSR count). The van der Waals surface area contributed by atoms with Gasteiger partial charge in [0.2, 0.25) is 0 Å². The van der Waals surface area contributed by atoms with Crippen molar-refractivity contribution in [3.63, 3.8) is 0 Å². The van der Waals surface area contributed by atoms with Gasteiger partial charge in [0.25, 0.3) is 0 Å². The molecule has 4 heterocycles.